The first kappa shape index (κ1) is 21.4. The molecule has 0 unspecified atom stereocenters. The van der Waals surface area contributed by atoms with Crippen LogP contribution in [0.25, 0.3) is 17.2 Å². The van der Waals surface area contributed by atoms with Crippen molar-refractivity contribution in [3.05, 3.63) is 76.8 Å². The van der Waals surface area contributed by atoms with Gasteiger partial charge in [0, 0.05) is 6.42 Å². The Hall–Kier alpha value is -3.87. The lowest BCUT2D eigenvalue weighted by atomic mass is 9.99. The summed E-state index contributed by atoms with van der Waals surface area (Å²) in [4.78, 5) is 16.3. The number of methoxy groups -OCH3 is 2. The first-order valence-electron chi connectivity index (χ1n) is 10.0. The van der Waals surface area contributed by atoms with E-state index in [4.69, 9.17) is 13.9 Å². The predicted molar refractivity (Wildman–Crippen MR) is 118 cm³/mol. The first-order valence-corrected chi connectivity index (χ1v) is 10.0. The highest BCUT2D eigenvalue weighted by molar-refractivity contribution is 6.06. The van der Waals surface area contributed by atoms with Gasteiger partial charge in [-0.15, -0.1) is 0 Å². The highest BCUT2D eigenvalue weighted by Gasteiger charge is 2.25. The third-order valence-corrected chi connectivity index (χ3v) is 5.59. The average molecular weight is 435 g/mol. The van der Waals surface area contributed by atoms with Gasteiger partial charge in [-0.05, 0) is 77.1 Å². The number of oxazole rings is 1. The summed E-state index contributed by atoms with van der Waals surface area (Å²) >= 11 is 0. The number of Topliss-reactive ketones (excluding diaryl/α,β-unsaturated/α-hetero) is 1. The molecule has 0 radical (unpaired) electrons. The molecule has 0 saturated carbocycles. The lowest BCUT2D eigenvalue weighted by Crippen LogP contribution is -2.00. The van der Waals surface area contributed by atoms with Gasteiger partial charge in [0.05, 0.1) is 14.2 Å². The van der Waals surface area contributed by atoms with Gasteiger partial charge in [0.1, 0.15) is 17.8 Å². The van der Waals surface area contributed by atoms with E-state index in [0.29, 0.717) is 6.42 Å². The normalized spacial score (nSPS) is 14.1. The summed E-state index contributed by atoms with van der Waals surface area (Å²) in [5, 5.41) is 10.2. The van der Waals surface area contributed by atoms with Gasteiger partial charge < -0.3 is 19.0 Å². The van der Waals surface area contributed by atoms with E-state index < -0.39 is 0 Å². The fourth-order valence-corrected chi connectivity index (χ4v) is 3.96. The number of nitrogens with zero attached hydrogens (tertiary/aromatic N) is 1. The minimum atomic E-state index is -0.342. The van der Waals surface area contributed by atoms with Gasteiger partial charge in [0.25, 0.3) is 0 Å². The number of allylic oxidation sites excluding steroid dienone is 3. The quantitative estimate of drug-likeness (QED) is 0.492. The van der Waals surface area contributed by atoms with Gasteiger partial charge in [-0.3, -0.25) is 4.79 Å². The highest BCUT2D eigenvalue weighted by atomic mass is 19.1. The SMILES string of the molecule is COc1cc(/C=C2/C(C)=C(CCC(=O)c3cocn3)c3cc(F)ccc32)cc(OC)c1O. The van der Waals surface area contributed by atoms with E-state index in [1.165, 1.54) is 39.0 Å². The van der Waals surface area contributed by atoms with E-state index in [0.717, 1.165) is 33.4 Å². The van der Waals surface area contributed by atoms with Crippen molar-refractivity contribution >= 4 is 23.0 Å². The highest BCUT2D eigenvalue weighted by Crippen LogP contribution is 2.45. The maximum Gasteiger partial charge on any atom is 0.200 e. The Balaban J connectivity index is 1.75. The molecule has 2 aromatic carbocycles. The Kier molecular flexibility index (Phi) is 5.81. The van der Waals surface area contributed by atoms with Crippen molar-refractivity contribution < 1.29 is 28.2 Å². The average Bonchev–Trinajstić information content (AvgIpc) is 3.41. The number of carbonyl (C=O) groups excluding carboxylic acids is 1. The molecule has 1 aromatic heterocycles. The van der Waals surface area contributed by atoms with Crippen molar-refractivity contribution in [3.63, 3.8) is 0 Å². The van der Waals surface area contributed by atoms with Crippen LogP contribution in [-0.2, 0) is 0 Å². The second-order valence-electron chi connectivity index (χ2n) is 7.42. The van der Waals surface area contributed by atoms with Crippen molar-refractivity contribution in [2.75, 3.05) is 14.2 Å². The number of phenolic OH excluding ortho intramolecular Hbond substituents is 1. The summed E-state index contributed by atoms with van der Waals surface area (Å²) in [7, 11) is 2.93. The molecule has 164 valence electrons. The zero-order valence-corrected chi connectivity index (χ0v) is 17.9. The Bertz CT molecular complexity index is 1220. The van der Waals surface area contributed by atoms with Crippen LogP contribution in [0, 0.1) is 5.82 Å². The fraction of sp³-hybridized carbons (Fsp3) is 0.200. The largest absolute Gasteiger partial charge is 0.502 e. The molecule has 0 fully saturated rings. The molecule has 1 aliphatic carbocycles. The summed E-state index contributed by atoms with van der Waals surface area (Å²) in [5.41, 5.74) is 5.42. The first-order chi connectivity index (χ1) is 15.4. The molecule has 1 aliphatic rings. The molecular weight excluding hydrogens is 413 g/mol. The number of aromatic nitrogens is 1. The lowest BCUT2D eigenvalue weighted by Gasteiger charge is -2.11. The summed E-state index contributed by atoms with van der Waals surface area (Å²) in [6, 6.07) is 8.05. The molecule has 1 heterocycles. The molecule has 4 rings (SSSR count). The van der Waals surface area contributed by atoms with Gasteiger partial charge in [0.15, 0.2) is 23.7 Å². The van der Waals surface area contributed by atoms with Gasteiger partial charge in [-0.1, -0.05) is 6.07 Å². The monoisotopic (exact) mass is 435 g/mol. The third-order valence-electron chi connectivity index (χ3n) is 5.59. The number of hydrogen-bond acceptors (Lipinski definition) is 6. The van der Waals surface area contributed by atoms with E-state index >= 15 is 0 Å². The molecule has 0 aliphatic heterocycles. The third kappa shape index (κ3) is 3.89. The zero-order chi connectivity index (χ0) is 22.8. The Morgan fingerprint density at radius 2 is 1.88 bits per heavy atom. The summed E-state index contributed by atoms with van der Waals surface area (Å²) in [6.45, 7) is 1.95. The van der Waals surface area contributed by atoms with E-state index in [9.17, 15) is 14.3 Å². The molecule has 32 heavy (non-hydrogen) atoms. The van der Waals surface area contributed by atoms with E-state index in [1.54, 1.807) is 18.2 Å². The van der Waals surface area contributed by atoms with E-state index in [2.05, 4.69) is 4.98 Å². The second kappa shape index (κ2) is 8.70. The molecule has 6 nitrogen and oxygen atoms in total. The number of ketones is 1. The fourth-order valence-electron chi connectivity index (χ4n) is 3.96. The molecule has 0 saturated heterocycles. The number of fused-ring (bicyclic) bond motifs is 1. The maximum atomic E-state index is 14.1. The van der Waals surface area contributed by atoms with Gasteiger partial charge >= 0.3 is 0 Å². The van der Waals surface area contributed by atoms with Crippen LogP contribution < -0.4 is 9.47 Å². The smallest absolute Gasteiger partial charge is 0.200 e. The molecule has 1 N–H and O–H groups in total. The van der Waals surface area contributed by atoms with Crippen LogP contribution in [0.4, 0.5) is 4.39 Å². The molecule has 0 amide bonds. The van der Waals surface area contributed by atoms with Crippen molar-refractivity contribution in [3.8, 4) is 17.2 Å². The van der Waals surface area contributed by atoms with Crippen LogP contribution in [-0.4, -0.2) is 30.1 Å². The minimum Gasteiger partial charge on any atom is -0.502 e. The van der Waals surface area contributed by atoms with Crippen LogP contribution in [0.3, 0.4) is 0 Å². The van der Waals surface area contributed by atoms with Gasteiger partial charge in [0.2, 0.25) is 5.75 Å². The number of phenols is 1. The van der Waals surface area contributed by atoms with Crippen molar-refractivity contribution in [2.45, 2.75) is 19.8 Å². The van der Waals surface area contributed by atoms with Crippen molar-refractivity contribution in [2.24, 2.45) is 0 Å². The van der Waals surface area contributed by atoms with E-state index in [1.807, 2.05) is 13.0 Å². The van der Waals surface area contributed by atoms with E-state index in [-0.39, 0.29) is 41.0 Å². The van der Waals surface area contributed by atoms with Crippen LogP contribution >= 0.6 is 0 Å². The summed E-state index contributed by atoms with van der Waals surface area (Å²) in [5.74, 6) is 0.0149. The number of hydrogen-bond donors (Lipinski definition) is 1. The van der Waals surface area contributed by atoms with Crippen LogP contribution in [0.2, 0.25) is 0 Å². The second-order valence-corrected chi connectivity index (χ2v) is 7.42. The number of carbonyl (C=O) groups is 1. The molecular formula is C25H22FNO5. The molecule has 3 aromatic rings. The molecule has 0 bridgehead atoms. The zero-order valence-electron chi connectivity index (χ0n) is 17.9. The summed E-state index contributed by atoms with van der Waals surface area (Å²) in [6.07, 6.45) is 5.14. The van der Waals surface area contributed by atoms with Crippen molar-refractivity contribution in [1.29, 1.82) is 0 Å². The molecule has 7 heteroatoms. The number of ether oxygens (including phenoxy) is 2. The minimum absolute atomic E-state index is 0.0784. The Morgan fingerprint density at radius 1 is 1.16 bits per heavy atom. The number of halogens is 1. The molecule has 0 atom stereocenters. The van der Waals surface area contributed by atoms with Crippen LogP contribution in [0.1, 0.15) is 46.9 Å². The standard InChI is InChI=1S/C25H22FNO5/c1-14-17(6-7-22(28)21-12-32-13-27-21)20-11-16(26)4-5-18(20)19(14)8-15-9-23(30-2)25(29)24(10-15)31-3/h4-5,8-13,29H,6-7H2,1-3H3/b19-8-. The maximum absolute atomic E-state index is 14.1. The van der Waals surface area contributed by atoms with Crippen molar-refractivity contribution in [1.82, 2.24) is 4.98 Å². The predicted octanol–water partition coefficient (Wildman–Crippen LogP) is 5.53. The lowest BCUT2D eigenvalue weighted by molar-refractivity contribution is 0.0979. The Labute approximate surface area is 184 Å². The topological polar surface area (TPSA) is 81.8 Å². The van der Waals surface area contributed by atoms with Gasteiger partial charge in [-0.2, -0.15) is 0 Å². The number of aromatic hydroxyl groups is 1. The van der Waals surface area contributed by atoms with Crippen LogP contribution in [0.15, 0.2) is 53.0 Å². The molecule has 0 spiro atoms. The van der Waals surface area contributed by atoms with Crippen LogP contribution in [0.5, 0.6) is 17.2 Å². The van der Waals surface area contributed by atoms with Gasteiger partial charge in [-0.25, -0.2) is 9.37 Å². The Morgan fingerprint density at radius 3 is 2.50 bits per heavy atom. The number of rotatable bonds is 7. The summed E-state index contributed by atoms with van der Waals surface area (Å²) < 4.78 is 29.5. The number of benzene rings is 2.